The third-order valence-electron chi connectivity index (χ3n) is 3.16. The number of benzene rings is 2. The van der Waals surface area contributed by atoms with Crippen molar-refractivity contribution in [3.63, 3.8) is 0 Å². The van der Waals surface area contributed by atoms with Gasteiger partial charge in [-0.3, -0.25) is 0 Å². The van der Waals surface area contributed by atoms with Crippen molar-refractivity contribution in [3.8, 4) is 5.75 Å². The molecule has 0 aliphatic heterocycles. The molecule has 110 valence electrons. The Morgan fingerprint density at radius 3 is 2.43 bits per heavy atom. The molecule has 21 heavy (non-hydrogen) atoms. The van der Waals surface area contributed by atoms with Crippen LogP contribution in [-0.4, -0.2) is 13.1 Å². The van der Waals surface area contributed by atoms with E-state index in [1.54, 1.807) is 12.1 Å². The van der Waals surface area contributed by atoms with Gasteiger partial charge in [-0.25, -0.2) is 4.79 Å². The minimum Gasteiger partial charge on any atom is -0.489 e. The summed E-state index contributed by atoms with van der Waals surface area (Å²) in [6.45, 7) is 4.29. The number of nitrogen functional groups attached to an aromatic ring is 1. The summed E-state index contributed by atoms with van der Waals surface area (Å²) in [5.74, 6) is 0.317. The molecule has 0 amide bonds. The first-order valence-corrected chi connectivity index (χ1v) is 6.68. The molecule has 2 aromatic rings. The van der Waals surface area contributed by atoms with Crippen molar-refractivity contribution in [1.29, 1.82) is 0 Å². The van der Waals surface area contributed by atoms with Gasteiger partial charge in [0.05, 0.1) is 12.7 Å². The predicted octanol–water partition coefficient (Wildman–Crippen LogP) is 3.25. The fourth-order valence-corrected chi connectivity index (χ4v) is 2.27. The highest BCUT2D eigenvalue weighted by atomic mass is 16.5. The third-order valence-corrected chi connectivity index (χ3v) is 3.16. The maximum absolute atomic E-state index is 11.8. The van der Waals surface area contributed by atoms with Gasteiger partial charge in [-0.05, 0) is 43.2 Å². The Hall–Kier alpha value is -2.49. The van der Waals surface area contributed by atoms with Crippen LogP contribution in [-0.2, 0) is 11.3 Å². The zero-order valence-electron chi connectivity index (χ0n) is 12.5. The molecule has 0 spiro atoms. The van der Waals surface area contributed by atoms with E-state index >= 15 is 0 Å². The summed E-state index contributed by atoms with van der Waals surface area (Å²) >= 11 is 0. The summed E-state index contributed by atoms with van der Waals surface area (Å²) in [4.78, 5) is 11.8. The van der Waals surface area contributed by atoms with Crippen molar-refractivity contribution < 1.29 is 14.3 Å². The van der Waals surface area contributed by atoms with Gasteiger partial charge < -0.3 is 15.2 Å². The molecular weight excluding hydrogens is 266 g/mol. The van der Waals surface area contributed by atoms with Crippen molar-refractivity contribution in [2.24, 2.45) is 0 Å². The van der Waals surface area contributed by atoms with E-state index in [1.165, 1.54) is 7.11 Å². The largest absolute Gasteiger partial charge is 0.489 e. The van der Waals surface area contributed by atoms with E-state index < -0.39 is 5.97 Å². The molecule has 0 fully saturated rings. The molecule has 0 atom stereocenters. The van der Waals surface area contributed by atoms with Crippen molar-refractivity contribution >= 4 is 11.7 Å². The fourth-order valence-electron chi connectivity index (χ4n) is 2.27. The monoisotopic (exact) mass is 285 g/mol. The van der Waals surface area contributed by atoms with Crippen molar-refractivity contribution in [3.05, 3.63) is 58.7 Å². The number of anilines is 1. The Labute approximate surface area is 124 Å². The second kappa shape index (κ2) is 6.31. The molecule has 0 bridgehead atoms. The zero-order valence-corrected chi connectivity index (χ0v) is 12.5. The summed E-state index contributed by atoms with van der Waals surface area (Å²) in [5.41, 5.74) is 9.59. The SMILES string of the molecule is COC(=O)c1c(N)cccc1COc1cc(C)cc(C)c1. The maximum atomic E-state index is 11.8. The van der Waals surface area contributed by atoms with Crippen LogP contribution in [0.2, 0.25) is 0 Å². The first-order chi connectivity index (χ1) is 10.0. The molecule has 0 radical (unpaired) electrons. The Kier molecular flexibility index (Phi) is 4.48. The molecule has 4 nitrogen and oxygen atoms in total. The number of carbonyl (C=O) groups excluding carboxylic acids is 1. The Morgan fingerprint density at radius 1 is 1.14 bits per heavy atom. The molecule has 2 rings (SSSR count). The van der Waals surface area contributed by atoms with Crippen LogP contribution in [0.5, 0.6) is 5.75 Å². The van der Waals surface area contributed by atoms with E-state index in [9.17, 15) is 4.79 Å². The lowest BCUT2D eigenvalue weighted by Gasteiger charge is -2.12. The van der Waals surface area contributed by atoms with Crippen LogP contribution in [0.1, 0.15) is 27.0 Å². The molecule has 2 aromatic carbocycles. The van der Waals surface area contributed by atoms with E-state index in [0.29, 0.717) is 16.8 Å². The summed E-state index contributed by atoms with van der Waals surface area (Å²) in [6.07, 6.45) is 0. The number of nitrogens with two attached hydrogens (primary N) is 1. The lowest BCUT2D eigenvalue weighted by atomic mass is 10.1. The van der Waals surface area contributed by atoms with Crippen LogP contribution in [0, 0.1) is 13.8 Å². The normalized spacial score (nSPS) is 10.2. The molecule has 0 saturated carbocycles. The number of esters is 1. The topological polar surface area (TPSA) is 61.5 Å². The van der Waals surface area contributed by atoms with Crippen LogP contribution in [0.3, 0.4) is 0 Å². The average molecular weight is 285 g/mol. The third kappa shape index (κ3) is 3.54. The average Bonchev–Trinajstić information content (AvgIpc) is 2.43. The van der Waals surface area contributed by atoms with E-state index in [1.807, 2.05) is 32.0 Å². The van der Waals surface area contributed by atoms with Gasteiger partial charge in [0, 0.05) is 11.3 Å². The molecule has 0 aliphatic rings. The summed E-state index contributed by atoms with van der Waals surface area (Å²) in [5, 5.41) is 0. The van der Waals surface area contributed by atoms with Crippen molar-refractivity contribution in [2.45, 2.75) is 20.5 Å². The highest BCUT2D eigenvalue weighted by molar-refractivity contribution is 5.96. The molecule has 0 aliphatic carbocycles. The Bertz CT molecular complexity index is 645. The molecule has 0 heterocycles. The van der Waals surface area contributed by atoms with Gasteiger partial charge in [-0.1, -0.05) is 18.2 Å². The van der Waals surface area contributed by atoms with Gasteiger partial charge in [0.25, 0.3) is 0 Å². The lowest BCUT2D eigenvalue weighted by molar-refractivity contribution is 0.0599. The van der Waals surface area contributed by atoms with Gasteiger partial charge in [-0.15, -0.1) is 0 Å². The number of hydrogen-bond donors (Lipinski definition) is 1. The number of ether oxygens (including phenoxy) is 2. The van der Waals surface area contributed by atoms with Crippen LogP contribution < -0.4 is 10.5 Å². The maximum Gasteiger partial charge on any atom is 0.340 e. The lowest BCUT2D eigenvalue weighted by Crippen LogP contribution is -2.11. The van der Waals surface area contributed by atoms with E-state index in [0.717, 1.165) is 16.9 Å². The number of carbonyl (C=O) groups is 1. The smallest absolute Gasteiger partial charge is 0.340 e. The molecular formula is C17H19NO3. The number of aryl methyl sites for hydroxylation is 2. The van der Waals surface area contributed by atoms with E-state index in [2.05, 4.69) is 6.07 Å². The number of methoxy groups -OCH3 is 1. The number of hydrogen-bond acceptors (Lipinski definition) is 4. The number of rotatable bonds is 4. The predicted molar refractivity (Wildman–Crippen MR) is 82.4 cm³/mol. The van der Waals surface area contributed by atoms with Crippen LogP contribution in [0.4, 0.5) is 5.69 Å². The van der Waals surface area contributed by atoms with Gasteiger partial charge >= 0.3 is 5.97 Å². The Morgan fingerprint density at radius 2 is 1.81 bits per heavy atom. The zero-order chi connectivity index (χ0) is 15.4. The second-order valence-corrected chi connectivity index (χ2v) is 4.99. The quantitative estimate of drug-likeness (QED) is 0.692. The molecule has 0 unspecified atom stereocenters. The van der Waals surface area contributed by atoms with Crippen molar-refractivity contribution in [2.75, 3.05) is 12.8 Å². The van der Waals surface area contributed by atoms with E-state index in [4.69, 9.17) is 15.2 Å². The molecule has 0 saturated heterocycles. The first-order valence-electron chi connectivity index (χ1n) is 6.68. The van der Waals surface area contributed by atoms with Crippen LogP contribution >= 0.6 is 0 Å². The fraction of sp³-hybridized carbons (Fsp3) is 0.235. The van der Waals surface area contributed by atoms with Crippen molar-refractivity contribution in [1.82, 2.24) is 0 Å². The Balaban J connectivity index is 2.24. The summed E-state index contributed by atoms with van der Waals surface area (Å²) in [6, 6.07) is 11.3. The van der Waals surface area contributed by atoms with E-state index in [-0.39, 0.29) is 6.61 Å². The van der Waals surface area contributed by atoms with Gasteiger partial charge in [0.1, 0.15) is 12.4 Å². The van der Waals surface area contributed by atoms with Crippen LogP contribution in [0.25, 0.3) is 0 Å². The summed E-state index contributed by atoms with van der Waals surface area (Å²) < 4.78 is 10.6. The standard InChI is InChI=1S/C17H19NO3/c1-11-7-12(2)9-14(8-11)21-10-13-5-4-6-15(18)16(13)17(19)20-3/h4-9H,10,18H2,1-3H3. The molecule has 4 heteroatoms. The van der Waals surface area contributed by atoms with Gasteiger partial charge in [-0.2, -0.15) is 0 Å². The molecule has 0 aromatic heterocycles. The second-order valence-electron chi connectivity index (χ2n) is 4.99. The van der Waals surface area contributed by atoms with Gasteiger partial charge in [0.2, 0.25) is 0 Å². The van der Waals surface area contributed by atoms with Crippen LogP contribution in [0.15, 0.2) is 36.4 Å². The first kappa shape index (κ1) is 14.9. The highest BCUT2D eigenvalue weighted by Gasteiger charge is 2.15. The minimum absolute atomic E-state index is 0.262. The summed E-state index contributed by atoms with van der Waals surface area (Å²) in [7, 11) is 1.34. The highest BCUT2D eigenvalue weighted by Crippen LogP contribution is 2.22. The minimum atomic E-state index is -0.452. The molecule has 2 N–H and O–H groups in total. The van der Waals surface area contributed by atoms with Gasteiger partial charge in [0.15, 0.2) is 0 Å².